The Bertz CT molecular complexity index is 1640. The normalized spacial score (nSPS) is 13.2. The average Bonchev–Trinajstić information content (AvgIpc) is 3.40. The van der Waals surface area contributed by atoms with Gasteiger partial charge in [-0.05, 0) is 128 Å². The fourth-order valence-electron chi connectivity index (χ4n) is 7.62. The number of esters is 3. The molecule has 0 spiro atoms. The number of ether oxygens (including phenoxy) is 3. The van der Waals surface area contributed by atoms with Gasteiger partial charge in [0.15, 0.2) is 6.10 Å². The first kappa shape index (κ1) is 69.3. The number of hydrogen-bond donors (Lipinski definition) is 0. The molecule has 0 saturated heterocycles. The quantitative estimate of drug-likeness (QED) is 0.0261. The van der Waals surface area contributed by atoms with Crippen LogP contribution in [0.15, 0.2) is 146 Å². The van der Waals surface area contributed by atoms with Crippen molar-refractivity contribution in [3.63, 3.8) is 0 Å². The number of carbonyl (C=O) groups is 3. The molecule has 0 N–H and O–H groups in total. The van der Waals surface area contributed by atoms with Crippen LogP contribution in [-0.4, -0.2) is 37.2 Å². The molecule has 0 aliphatic rings. The molecule has 0 heterocycles. The third-order valence-electron chi connectivity index (χ3n) is 12.1. The van der Waals surface area contributed by atoms with Gasteiger partial charge < -0.3 is 14.2 Å². The van der Waals surface area contributed by atoms with Gasteiger partial charge in [0.25, 0.3) is 0 Å². The number of allylic oxidation sites excluding steroid dienone is 24. The minimum absolute atomic E-state index is 0.0990. The Hall–Kier alpha value is -4.71. The molecule has 0 aromatic rings. The highest BCUT2D eigenvalue weighted by Gasteiger charge is 2.19. The maximum Gasteiger partial charge on any atom is 0.306 e. The first-order valence-electron chi connectivity index (χ1n) is 29.8. The van der Waals surface area contributed by atoms with E-state index < -0.39 is 6.10 Å². The van der Waals surface area contributed by atoms with Crippen molar-refractivity contribution in [1.29, 1.82) is 0 Å². The van der Waals surface area contributed by atoms with E-state index in [0.717, 1.165) is 148 Å². The Morgan fingerprint density at radius 3 is 0.865 bits per heavy atom. The molecule has 6 heteroatoms. The van der Waals surface area contributed by atoms with Gasteiger partial charge in [-0.3, -0.25) is 14.4 Å². The Labute approximate surface area is 455 Å². The van der Waals surface area contributed by atoms with Gasteiger partial charge >= 0.3 is 17.9 Å². The lowest BCUT2D eigenvalue weighted by Gasteiger charge is -2.18. The van der Waals surface area contributed by atoms with Crippen molar-refractivity contribution in [2.45, 2.75) is 252 Å². The average molecular weight is 1020 g/mol. The number of unbranched alkanes of at least 4 members (excludes halogenated alkanes) is 17. The zero-order chi connectivity index (χ0) is 53.6. The standard InChI is InChI=1S/C68H108O6/c1-4-7-10-13-16-18-20-22-24-26-28-29-30-31-32-33-34-35-36-37-38-39-41-42-44-46-48-50-52-55-58-61-67(70)73-64-65(63-72-66(69)60-57-54-15-12-9-6-3)74-68(71)62-59-56-53-51-49-47-45-43-40-27-25-23-21-19-17-14-11-8-5-2/h7,10,16-19,22-25,28-29,31-32,34-35,37-38,40-43,46,48,65H,4-6,8-9,11-15,20-21,26-27,30,33,36,39,44-45,47,49-64H2,1-3H3/b10-7-,18-16-,19-17-,24-22-,25-23-,29-28-,32-31-,35-34-,38-37-,42-41-,43-40-,48-46-. The van der Waals surface area contributed by atoms with Crippen LogP contribution in [0.3, 0.4) is 0 Å². The van der Waals surface area contributed by atoms with E-state index in [1.54, 1.807) is 0 Å². The monoisotopic (exact) mass is 1020 g/mol. The van der Waals surface area contributed by atoms with Crippen LogP contribution in [0.5, 0.6) is 0 Å². The number of carbonyl (C=O) groups excluding carboxylic acids is 3. The van der Waals surface area contributed by atoms with E-state index in [1.807, 2.05) is 0 Å². The highest BCUT2D eigenvalue weighted by Crippen LogP contribution is 2.13. The molecule has 0 aromatic carbocycles. The number of hydrogen-bond acceptors (Lipinski definition) is 6. The second kappa shape index (κ2) is 60.8. The molecule has 416 valence electrons. The molecular formula is C68H108O6. The Morgan fingerprint density at radius 2 is 0.527 bits per heavy atom. The lowest BCUT2D eigenvalue weighted by Crippen LogP contribution is -2.30. The zero-order valence-corrected chi connectivity index (χ0v) is 47.5. The van der Waals surface area contributed by atoms with Crippen LogP contribution in [0.1, 0.15) is 245 Å². The summed E-state index contributed by atoms with van der Waals surface area (Å²) in [4.78, 5) is 37.9. The summed E-state index contributed by atoms with van der Waals surface area (Å²) >= 11 is 0. The molecule has 0 saturated carbocycles. The summed E-state index contributed by atoms with van der Waals surface area (Å²) in [5, 5.41) is 0. The summed E-state index contributed by atoms with van der Waals surface area (Å²) in [5.41, 5.74) is 0. The van der Waals surface area contributed by atoms with Crippen LogP contribution in [0.25, 0.3) is 0 Å². The zero-order valence-electron chi connectivity index (χ0n) is 47.5. The minimum atomic E-state index is -0.802. The van der Waals surface area contributed by atoms with Crippen LogP contribution < -0.4 is 0 Å². The minimum Gasteiger partial charge on any atom is -0.462 e. The van der Waals surface area contributed by atoms with Gasteiger partial charge in [0.05, 0.1) is 0 Å². The fourth-order valence-corrected chi connectivity index (χ4v) is 7.62. The van der Waals surface area contributed by atoms with Gasteiger partial charge in [0.2, 0.25) is 0 Å². The molecule has 6 nitrogen and oxygen atoms in total. The second-order valence-electron chi connectivity index (χ2n) is 19.2. The van der Waals surface area contributed by atoms with Gasteiger partial charge in [0.1, 0.15) is 13.2 Å². The van der Waals surface area contributed by atoms with E-state index in [4.69, 9.17) is 14.2 Å². The number of rotatable bonds is 52. The highest BCUT2D eigenvalue weighted by molar-refractivity contribution is 5.71. The predicted molar refractivity (Wildman–Crippen MR) is 320 cm³/mol. The lowest BCUT2D eigenvalue weighted by atomic mass is 10.1. The summed E-state index contributed by atoms with van der Waals surface area (Å²) < 4.78 is 16.7. The lowest BCUT2D eigenvalue weighted by molar-refractivity contribution is -0.167. The third kappa shape index (κ3) is 58.2. The van der Waals surface area contributed by atoms with Gasteiger partial charge in [-0.25, -0.2) is 0 Å². The first-order chi connectivity index (χ1) is 36.5. The molecule has 0 bridgehead atoms. The van der Waals surface area contributed by atoms with E-state index in [0.29, 0.717) is 19.3 Å². The smallest absolute Gasteiger partial charge is 0.306 e. The molecule has 0 aliphatic heterocycles. The van der Waals surface area contributed by atoms with Crippen LogP contribution in [0.4, 0.5) is 0 Å². The SMILES string of the molecule is CC/C=C\C/C=C\C/C=C\C/C=C\C/C=C\C/C=C\C/C=C\C/C=C\C/C=C\CCCCCC(=O)OCC(COC(=O)CCCCCCCC)OC(=O)CCCCCCCC/C=C\C/C=C\C/C=C\CCCCC. The van der Waals surface area contributed by atoms with Crippen molar-refractivity contribution < 1.29 is 28.6 Å². The molecule has 0 radical (unpaired) electrons. The van der Waals surface area contributed by atoms with E-state index in [9.17, 15) is 14.4 Å². The van der Waals surface area contributed by atoms with Crippen molar-refractivity contribution in [2.24, 2.45) is 0 Å². The van der Waals surface area contributed by atoms with Crippen LogP contribution >= 0.6 is 0 Å². The van der Waals surface area contributed by atoms with E-state index in [1.165, 1.54) is 57.8 Å². The molecule has 0 fully saturated rings. The summed E-state index contributed by atoms with van der Waals surface area (Å²) in [6.45, 7) is 6.38. The Balaban J connectivity index is 4.26. The van der Waals surface area contributed by atoms with Gasteiger partial charge in [-0.2, -0.15) is 0 Å². The molecule has 0 aliphatic carbocycles. The maximum absolute atomic E-state index is 12.8. The van der Waals surface area contributed by atoms with E-state index >= 15 is 0 Å². The third-order valence-corrected chi connectivity index (χ3v) is 12.1. The van der Waals surface area contributed by atoms with E-state index in [-0.39, 0.29) is 31.1 Å². The molecule has 74 heavy (non-hydrogen) atoms. The summed E-state index contributed by atoms with van der Waals surface area (Å²) in [7, 11) is 0. The summed E-state index contributed by atoms with van der Waals surface area (Å²) in [6, 6.07) is 0. The molecule has 0 aromatic heterocycles. The molecule has 1 atom stereocenters. The predicted octanol–water partition coefficient (Wildman–Crippen LogP) is 20.4. The maximum atomic E-state index is 12.8. The van der Waals surface area contributed by atoms with Crippen molar-refractivity contribution in [3.8, 4) is 0 Å². The van der Waals surface area contributed by atoms with Crippen LogP contribution in [0, 0.1) is 0 Å². The topological polar surface area (TPSA) is 78.9 Å². The largest absolute Gasteiger partial charge is 0.462 e. The highest BCUT2D eigenvalue weighted by atomic mass is 16.6. The Kier molecular flexibility index (Phi) is 57.0. The van der Waals surface area contributed by atoms with Crippen LogP contribution in [-0.2, 0) is 28.6 Å². The fraction of sp³-hybridized carbons (Fsp3) is 0.603. The Morgan fingerprint density at radius 1 is 0.284 bits per heavy atom. The van der Waals surface area contributed by atoms with Crippen molar-refractivity contribution in [3.05, 3.63) is 146 Å². The molecule has 0 amide bonds. The van der Waals surface area contributed by atoms with Crippen molar-refractivity contribution in [2.75, 3.05) is 13.2 Å². The van der Waals surface area contributed by atoms with Gasteiger partial charge in [-0.1, -0.05) is 244 Å². The molecular weight excluding hydrogens is 913 g/mol. The summed E-state index contributed by atoms with van der Waals surface area (Å²) in [5.74, 6) is -0.962. The van der Waals surface area contributed by atoms with Gasteiger partial charge in [0, 0.05) is 19.3 Å². The van der Waals surface area contributed by atoms with Crippen molar-refractivity contribution >= 4 is 17.9 Å². The van der Waals surface area contributed by atoms with Crippen molar-refractivity contribution in [1.82, 2.24) is 0 Å². The first-order valence-corrected chi connectivity index (χ1v) is 29.8. The van der Waals surface area contributed by atoms with E-state index in [2.05, 4.69) is 167 Å². The molecule has 0 rings (SSSR count). The summed E-state index contributed by atoms with van der Waals surface area (Å²) in [6.07, 6.45) is 87.3. The van der Waals surface area contributed by atoms with Gasteiger partial charge in [-0.15, -0.1) is 0 Å². The second-order valence-corrected chi connectivity index (χ2v) is 19.2. The molecule has 1 unspecified atom stereocenters. The van der Waals surface area contributed by atoms with Crippen LogP contribution in [0.2, 0.25) is 0 Å².